The van der Waals surface area contributed by atoms with Crippen LogP contribution in [0, 0.1) is 17.2 Å². The van der Waals surface area contributed by atoms with Gasteiger partial charge in [-0.15, -0.1) is 12.4 Å². The number of benzene rings is 3. The lowest BCUT2D eigenvalue weighted by atomic mass is 10.0. The van der Waals surface area contributed by atoms with Crippen LogP contribution in [0.3, 0.4) is 0 Å². The monoisotopic (exact) mass is 415 g/mol. The number of hydrogen-bond donors (Lipinski definition) is 0. The number of nitriles is 1. The summed E-state index contributed by atoms with van der Waals surface area (Å²) in [6, 6.07) is 25.7. The van der Waals surface area contributed by atoms with Crippen LogP contribution in [-0.2, 0) is 13.0 Å². The molecule has 1 atom stereocenters. The lowest BCUT2D eigenvalue weighted by Gasteiger charge is -2.17. The van der Waals surface area contributed by atoms with Crippen molar-refractivity contribution in [3.63, 3.8) is 0 Å². The largest absolute Gasteiger partial charge is 0.347 e. The molecular formula is C26H26ClN3. The molecule has 3 nitrogen and oxygen atoms in total. The van der Waals surface area contributed by atoms with E-state index < -0.39 is 0 Å². The van der Waals surface area contributed by atoms with Gasteiger partial charge >= 0.3 is 0 Å². The van der Waals surface area contributed by atoms with Crippen LogP contribution >= 0.6 is 12.4 Å². The first-order chi connectivity index (χ1) is 14.3. The smallest absolute Gasteiger partial charge is 0.0992 e. The first kappa shape index (κ1) is 20.5. The van der Waals surface area contributed by atoms with E-state index >= 15 is 0 Å². The van der Waals surface area contributed by atoms with E-state index in [1.165, 1.54) is 40.2 Å². The van der Waals surface area contributed by atoms with Crippen LogP contribution in [0.25, 0.3) is 21.7 Å². The molecule has 152 valence electrons. The summed E-state index contributed by atoms with van der Waals surface area (Å²) in [5, 5.41) is 13.1. The van der Waals surface area contributed by atoms with E-state index in [1.807, 2.05) is 12.1 Å². The lowest BCUT2D eigenvalue weighted by molar-refractivity contribution is 0.321. The van der Waals surface area contributed by atoms with Crippen molar-refractivity contribution in [3.05, 3.63) is 84.1 Å². The third kappa shape index (κ3) is 4.07. The third-order valence-electron chi connectivity index (χ3n) is 6.31. The zero-order chi connectivity index (χ0) is 19.6. The summed E-state index contributed by atoms with van der Waals surface area (Å²) in [4.78, 5) is 2.61. The Morgan fingerprint density at radius 1 is 0.967 bits per heavy atom. The van der Waals surface area contributed by atoms with Crippen LogP contribution in [0.5, 0.6) is 0 Å². The zero-order valence-electron chi connectivity index (χ0n) is 17.0. The summed E-state index contributed by atoms with van der Waals surface area (Å²) in [5.41, 5.74) is 3.37. The van der Waals surface area contributed by atoms with Gasteiger partial charge in [0.25, 0.3) is 0 Å². The highest BCUT2D eigenvalue weighted by Gasteiger charge is 2.23. The van der Waals surface area contributed by atoms with Gasteiger partial charge in [-0.05, 0) is 65.2 Å². The maximum absolute atomic E-state index is 9.20. The van der Waals surface area contributed by atoms with E-state index in [2.05, 4.69) is 76.3 Å². The molecule has 1 aromatic heterocycles. The molecule has 0 N–H and O–H groups in total. The number of rotatable bonds is 5. The molecule has 4 aromatic rings. The van der Waals surface area contributed by atoms with Crippen molar-refractivity contribution in [1.29, 1.82) is 5.26 Å². The number of hydrogen-bond acceptors (Lipinski definition) is 2. The molecule has 0 amide bonds. The molecule has 1 fully saturated rings. The van der Waals surface area contributed by atoms with Gasteiger partial charge in [-0.25, -0.2) is 0 Å². The van der Waals surface area contributed by atoms with Gasteiger partial charge < -0.3 is 9.47 Å². The summed E-state index contributed by atoms with van der Waals surface area (Å²) in [5.74, 6) is 0.670. The van der Waals surface area contributed by atoms with Crippen LogP contribution in [0.1, 0.15) is 17.5 Å². The van der Waals surface area contributed by atoms with Crippen LogP contribution in [0.2, 0.25) is 0 Å². The van der Waals surface area contributed by atoms with E-state index in [9.17, 15) is 5.26 Å². The molecule has 1 saturated heterocycles. The number of aromatic nitrogens is 1. The Kier molecular flexibility index (Phi) is 6.08. The molecule has 30 heavy (non-hydrogen) atoms. The fourth-order valence-corrected chi connectivity index (χ4v) is 4.74. The number of halogens is 1. The Bertz CT molecular complexity index is 1200. The minimum Gasteiger partial charge on any atom is -0.347 e. The maximum Gasteiger partial charge on any atom is 0.0992 e. The van der Waals surface area contributed by atoms with Gasteiger partial charge in [-0.2, -0.15) is 5.26 Å². The maximum atomic E-state index is 9.20. The van der Waals surface area contributed by atoms with Crippen molar-refractivity contribution in [2.24, 2.45) is 5.92 Å². The molecular weight excluding hydrogens is 390 g/mol. The Hall–Kier alpha value is -2.80. The second-order valence-electron chi connectivity index (χ2n) is 8.20. The van der Waals surface area contributed by atoms with Crippen molar-refractivity contribution >= 4 is 34.1 Å². The molecule has 0 spiro atoms. The second-order valence-corrected chi connectivity index (χ2v) is 8.20. The highest BCUT2D eigenvalue weighted by atomic mass is 35.5. The zero-order valence-corrected chi connectivity index (χ0v) is 17.8. The minimum absolute atomic E-state index is 0. The van der Waals surface area contributed by atoms with Crippen molar-refractivity contribution in [3.8, 4) is 6.07 Å². The van der Waals surface area contributed by atoms with Crippen LogP contribution in [0.15, 0.2) is 72.9 Å². The average Bonchev–Trinajstić information content (AvgIpc) is 3.39. The van der Waals surface area contributed by atoms with Gasteiger partial charge in [-0.3, -0.25) is 0 Å². The number of nitrogens with zero attached hydrogens (tertiary/aromatic N) is 3. The Morgan fingerprint density at radius 2 is 1.83 bits per heavy atom. The summed E-state index contributed by atoms with van der Waals surface area (Å²) >= 11 is 0. The topological polar surface area (TPSA) is 32.0 Å². The van der Waals surface area contributed by atoms with Crippen molar-refractivity contribution in [2.45, 2.75) is 19.4 Å². The normalized spacial score (nSPS) is 16.6. The number of likely N-dealkylation sites (tertiary alicyclic amines) is 1. The molecule has 2 heterocycles. The molecule has 1 unspecified atom stereocenters. The summed E-state index contributed by atoms with van der Waals surface area (Å²) in [6.45, 7) is 4.49. The van der Waals surface area contributed by atoms with Crippen molar-refractivity contribution in [2.75, 3.05) is 19.6 Å². The van der Waals surface area contributed by atoms with Gasteiger partial charge in [0.15, 0.2) is 0 Å². The molecule has 3 aromatic carbocycles. The molecule has 4 heteroatoms. The molecule has 0 radical (unpaired) electrons. The minimum atomic E-state index is 0. The van der Waals surface area contributed by atoms with Gasteiger partial charge in [0.05, 0.1) is 11.6 Å². The SMILES string of the molecule is Cl.N#Cc1ccc2ccn(CC3CCN(CCc4cccc5ccccc45)C3)c2c1. The van der Waals surface area contributed by atoms with Gasteiger partial charge in [0.2, 0.25) is 0 Å². The first-order valence-electron chi connectivity index (χ1n) is 10.5. The van der Waals surface area contributed by atoms with E-state index in [1.54, 1.807) is 0 Å². The Labute approximate surface area is 183 Å². The fraction of sp³-hybridized carbons (Fsp3) is 0.269. The van der Waals surface area contributed by atoms with Crippen LogP contribution in [-0.4, -0.2) is 29.1 Å². The average molecular weight is 416 g/mol. The number of fused-ring (bicyclic) bond motifs is 2. The first-order valence-corrected chi connectivity index (χ1v) is 10.5. The van der Waals surface area contributed by atoms with E-state index in [-0.39, 0.29) is 12.4 Å². The standard InChI is InChI=1S/C26H25N3.ClH/c27-17-20-8-9-24-12-15-29(26(24)16-20)19-21-10-13-28(18-21)14-11-23-6-3-5-22-4-1-2-7-25(22)23;/h1-9,12,15-16,21H,10-11,13-14,18-19H2;1H. The highest BCUT2D eigenvalue weighted by Crippen LogP contribution is 2.24. The molecule has 1 aliphatic heterocycles. The van der Waals surface area contributed by atoms with Crippen molar-refractivity contribution in [1.82, 2.24) is 9.47 Å². The molecule has 0 saturated carbocycles. The lowest BCUT2D eigenvalue weighted by Crippen LogP contribution is -2.24. The van der Waals surface area contributed by atoms with Gasteiger partial charge in [0, 0.05) is 31.3 Å². The van der Waals surface area contributed by atoms with Crippen LogP contribution < -0.4 is 0 Å². The molecule has 5 rings (SSSR count). The molecule has 0 bridgehead atoms. The summed E-state index contributed by atoms with van der Waals surface area (Å²) < 4.78 is 2.33. The molecule has 1 aliphatic rings. The van der Waals surface area contributed by atoms with Gasteiger partial charge in [0.1, 0.15) is 0 Å². The third-order valence-corrected chi connectivity index (χ3v) is 6.31. The quantitative estimate of drug-likeness (QED) is 0.421. The molecule has 0 aliphatic carbocycles. The Morgan fingerprint density at radius 3 is 2.73 bits per heavy atom. The van der Waals surface area contributed by atoms with Crippen LogP contribution in [0.4, 0.5) is 0 Å². The van der Waals surface area contributed by atoms with Crippen molar-refractivity contribution < 1.29 is 0 Å². The second kappa shape index (κ2) is 8.92. The highest BCUT2D eigenvalue weighted by molar-refractivity contribution is 5.86. The van der Waals surface area contributed by atoms with E-state index in [0.717, 1.165) is 31.6 Å². The predicted octanol–water partition coefficient (Wildman–Crippen LogP) is 5.65. The Balaban J connectivity index is 0.00000218. The van der Waals surface area contributed by atoms with E-state index in [0.29, 0.717) is 5.92 Å². The predicted molar refractivity (Wildman–Crippen MR) is 126 cm³/mol. The van der Waals surface area contributed by atoms with Gasteiger partial charge in [-0.1, -0.05) is 48.5 Å². The summed E-state index contributed by atoms with van der Waals surface area (Å²) in [7, 11) is 0. The summed E-state index contributed by atoms with van der Waals surface area (Å²) in [6.07, 6.45) is 4.52. The van der Waals surface area contributed by atoms with E-state index in [4.69, 9.17) is 0 Å². The fourth-order valence-electron chi connectivity index (χ4n) is 4.74.